The average molecular weight is 339 g/mol. The first-order valence-corrected chi connectivity index (χ1v) is 8.92. The van der Waals surface area contributed by atoms with E-state index in [4.69, 9.17) is 0 Å². The maximum absolute atomic E-state index is 12.6. The van der Waals surface area contributed by atoms with E-state index in [1.807, 2.05) is 0 Å². The van der Waals surface area contributed by atoms with Crippen LogP contribution in [-0.4, -0.2) is 29.0 Å². The Bertz CT molecular complexity index is 744. The minimum absolute atomic E-state index is 0.0114. The van der Waals surface area contributed by atoms with Crippen molar-refractivity contribution in [2.75, 3.05) is 0 Å². The van der Waals surface area contributed by atoms with E-state index in [9.17, 15) is 19.5 Å². The van der Waals surface area contributed by atoms with Gasteiger partial charge in [-0.3, -0.25) is 9.59 Å². The Morgan fingerprint density at radius 2 is 1.60 bits per heavy atom. The van der Waals surface area contributed by atoms with Crippen LogP contribution in [0.4, 0.5) is 0 Å². The first-order chi connectivity index (χ1) is 12.0. The van der Waals surface area contributed by atoms with E-state index in [1.165, 1.54) is 25.3 Å². The second-order valence-electron chi connectivity index (χ2n) is 7.97. The van der Waals surface area contributed by atoms with Crippen LogP contribution in [0, 0.1) is 23.2 Å². The highest BCUT2D eigenvalue weighted by molar-refractivity contribution is 6.40. The van der Waals surface area contributed by atoms with Crippen molar-refractivity contribution in [3.63, 3.8) is 0 Å². The molecule has 1 N–H and O–H groups in total. The van der Waals surface area contributed by atoms with Gasteiger partial charge in [-0.25, -0.2) is 9.79 Å². The largest absolute Gasteiger partial charge is 0.477 e. The highest BCUT2D eigenvalue weighted by Crippen LogP contribution is 2.60. The zero-order valence-electron chi connectivity index (χ0n) is 14.0. The predicted octanol–water partition coefficient (Wildman–Crippen LogP) is 3.38. The zero-order chi connectivity index (χ0) is 17.6. The Morgan fingerprint density at radius 1 is 1.04 bits per heavy atom. The van der Waals surface area contributed by atoms with E-state index in [1.54, 1.807) is 18.2 Å². The standard InChI is InChI=1S/C20H21NO4/c22-11-15-3-1-2-4-16(15)18(23)21-17(19(24)25)20-8-12-5-13(9-20)7-14(6-12)10-20/h1-4,11-14H,5-10H2,(H,24,25). The monoisotopic (exact) mass is 339 g/mol. The minimum atomic E-state index is -1.10. The fraction of sp³-hybridized carbons (Fsp3) is 0.500. The number of carboxylic acids is 1. The zero-order valence-corrected chi connectivity index (χ0v) is 14.0. The van der Waals surface area contributed by atoms with Crippen LogP contribution in [0.3, 0.4) is 0 Å². The number of aliphatic imine (C=N–C) groups is 1. The van der Waals surface area contributed by atoms with Crippen molar-refractivity contribution >= 4 is 23.9 Å². The highest BCUT2D eigenvalue weighted by Gasteiger charge is 2.55. The summed E-state index contributed by atoms with van der Waals surface area (Å²) >= 11 is 0. The van der Waals surface area contributed by atoms with Gasteiger partial charge in [-0.05, 0) is 62.3 Å². The summed E-state index contributed by atoms with van der Waals surface area (Å²) in [6, 6.07) is 6.39. The van der Waals surface area contributed by atoms with E-state index >= 15 is 0 Å². The van der Waals surface area contributed by atoms with Crippen molar-refractivity contribution in [3.8, 4) is 0 Å². The summed E-state index contributed by atoms with van der Waals surface area (Å²) in [4.78, 5) is 39.8. The van der Waals surface area contributed by atoms with Crippen molar-refractivity contribution in [2.24, 2.45) is 28.2 Å². The van der Waals surface area contributed by atoms with Crippen LogP contribution >= 0.6 is 0 Å². The molecule has 5 nitrogen and oxygen atoms in total. The van der Waals surface area contributed by atoms with Crippen LogP contribution in [0.2, 0.25) is 0 Å². The molecule has 4 aliphatic carbocycles. The van der Waals surface area contributed by atoms with Gasteiger partial charge in [0.05, 0.1) is 5.56 Å². The van der Waals surface area contributed by atoms with Crippen LogP contribution in [0.15, 0.2) is 29.3 Å². The van der Waals surface area contributed by atoms with Crippen LogP contribution < -0.4 is 0 Å². The number of hydrogen-bond donors (Lipinski definition) is 1. The molecule has 4 saturated carbocycles. The molecule has 0 aromatic heterocycles. The van der Waals surface area contributed by atoms with Gasteiger partial charge < -0.3 is 5.11 Å². The molecule has 4 fully saturated rings. The lowest BCUT2D eigenvalue weighted by molar-refractivity contribution is -0.131. The van der Waals surface area contributed by atoms with Crippen molar-refractivity contribution in [1.29, 1.82) is 0 Å². The number of carbonyl (C=O) groups excluding carboxylic acids is 2. The number of rotatable bonds is 4. The summed E-state index contributed by atoms with van der Waals surface area (Å²) < 4.78 is 0. The molecule has 130 valence electrons. The molecule has 4 aliphatic rings. The van der Waals surface area contributed by atoms with Gasteiger partial charge >= 0.3 is 5.97 Å². The Kier molecular flexibility index (Phi) is 3.82. The third kappa shape index (κ3) is 2.71. The minimum Gasteiger partial charge on any atom is -0.477 e. The Morgan fingerprint density at radius 3 is 2.12 bits per heavy atom. The van der Waals surface area contributed by atoms with E-state index in [0.29, 0.717) is 24.0 Å². The molecular weight excluding hydrogens is 318 g/mol. The third-order valence-electron chi connectivity index (χ3n) is 6.27. The molecule has 0 aliphatic heterocycles. The van der Waals surface area contributed by atoms with Crippen molar-refractivity contribution in [3.05, 3.63) is 35.4 Å². The summed E-state index contributed by atoms with van der Waals surface area (Å²) in [5.41, 5.74) is -0.0448. The number of amides is 1. The molecule has 0 atom stereocenters. The van der Waals surface area contributed by atoms with E-state index < -0.39 is 17.3 Å². The first kappa shape index (κ1) is 16.2. The lowest BCUT2D eigenvalue weighted by atomic mass is 9.48. The second kappa shape index (κ2) is 5.90. The fourth-order valence-corrected chi connectivity index (χ4v) is 5.75. The summed E-state index contributed by atoms with van der Waals surface area (Å²) in [7, 11) is 0. The van der Waals surface area contributed by atoms with Crippen LogP contribution in [0.5, 0.6) is 0 Å². The van der Waals surface area contributed by atoms with Crippen molar-refractivity contribution in [2.45, 2.75) is 38.5 Å². The molecule has 1 amide bonds. The average Bonchev–Trinajstić information content (AvgIpc) is 2.57. The molecule has 0 heterocycles. The fourth-order valence-electron chi connectivity index (χ4n) is 5.75. The third-order valence-corrected chi connectivity index (χ3v) is 6.27. The van der Waals surface area contributed by atoms with Gasteiger partial charge in [0.15, 0.2) is 6.29 Å². The SMILES string of the molecule is O=Cc1ccccc1C(=O)N=C(C(=O)O)C12CC3CC(CC(C3)C1)C2. The smallest absolute Gasteiger partial charge is 0.350 e. The number of carboxylic acid groups (broad SMARTS) is 1. The molecule has 25 heavy (non-hydrogen) atoms. The lowest BCUT2D eigenvalue weighted by Crippen LogP contribution is -2.52. The summed E-state index contributed by atoms with van der Waals surface area (Å²) in [6.07, 6.45) is 6.65. The molecular formula is C20H21NO4. The molecule has 0 radical (unpaired) electrons. The van der Waals surface area contributed by atoms with E-state index in [0.717, 1.165) is 19.3 Å². The summed E-state index contributed by atoms with van der Waals surface area (Å²) in [5, 5.41) is 9.80. The number of nitrogens with zero attached hydrogens (tertiary/aromatic N) is 1. The van der Waals surface area contributed by atoms with Gasteiger partial charge in [0.2, 0.25) is 0 Å². The molecule has 1 aromatic carbocycles. The number of carbonyl (C=O) groups is 3. The Hall–Kier alpha value is -2.30. The van der Waals surface area contributed by atoms with Gasteiger partial charge in [-0.15, -0.1) is 0 Å². The van der Waals surface area contributed by atoms with Crippen LogP contribution in [-0.2, 0) is 4.79 Å². The topological polar surface area (TPSA) is 83.8 Å². The van der Waals surface area contributed by atoms with E-state index in [2.05, 4.69) is 4.99 Å². The Labute approximate surface area is 146 Å². The molecule has 0 unspecified atom stereocenters. The van der Waals surface area contributed by atoms with Gasteiger partial charge in [-0.1, -0.05) is 18.2 Å². The maximum Gasteiger partial charge on any atom is 0.350 e. The quantitative estimate of drug-likeness (QED) is 0.673. The molecule has 4 bridgehead atoms. The summed E-state index contributed by atoms with van der Waals surface area (Å²) in [6.45, 7) is 0. The van der Waals surface area contributed by atoms with Crippen LogP contribution in [0.1, 0.15) is 59.2 Å². The normalized spacial score (nSPS) is 33.3. The molecule has 5 heteroatoms. The van der Waals surface area contributed by atoms with Crippen molar-refractivity contribution in [1.82, 2.24) is 0 Å². The number of aliphatic carboxylic acids is 1. The maximum atomic E-state index is 12.6. The Balaban J connectivity index is 1.72. The van der Waals surface area contributed by atoms with E-state index in [-0.39, 0.29) is 16.8 Å². The second-order valence-corrected chi connectivity index (χ2v) is 7.97. The summed E-state index contributed by atoms with van der Waals surface area (Å²) in [5.74, 6) is -0.0378. The lowest BCUT2D eigenvalue weighted by Gasteiger charge is -2.56. The van der Waals surface area contributed by atoms with Gasteiger partial charge in [-0.2, -0.15) is 0 Å². The van der Waals surface area contributed by atoms with Gasteiger partial charge in [0.25, 0.3) is 5.91 Å². The number of benzene rings is 1. The van der Waals surface area contributed by atoms with Gasteiger partial charge in [0, 0.05) is 11.0 Å². The number of aldehydes is 1. The molecule has 1 aromatic rings. The highest BCUT2D eigenvalue weighted by atomic mass is 16.4. The van der Waals surface area contributed by atoms with Crippen LogP contribution in [0.25, 0.3) is 0 Å². The number of hydrogen-bond acceptors (Lipinski definition) is 3. The van der Waals surface area contributed by atoms with Gasteiger partial charge in [0.1, 0.15) is 5.71 Å². The first-order valence-electron chi connectivity index (χ1n) is 8.92. The molecule has 0 saturated heterocycles. The van der Waals surface area contributed by atoms with Crippen molar-refractivity contribution < 1.29 is 19.5 Å². The molecule has 5 rings (SSSR count). The predicted molar refractivity (Wildman–Crippen MR) is 91.8 cm³/mol. The molecule has 0 spiro atoms.